The largest absolute Gasteiger partial charge is 0.573 e. The standard InChI is InChI=1S/C19H19F3N2O2/c20-19(21,22)26-17-11-4-3-9-16(17)23-12-18(25)24-15-10-5-7-13-6-1-2-8-14(13)15/h1-4,6,8-9,11,15,23H,5,7,10,12H2,(H,24,25). The minimum atomic E-state index is -4.79. The minimum Gasteiger partial charge on any atom is -0.404 e. The summed E-state index contributed by atoms with van der Waals surface area (Å²) in [5.41, 5.74) is 2.44. The second-order valence-electron chi connectivity index (χ2n) is 6.11. The molecule has 4 nitrogen and oxygen atoms in total. The fraction of sp³-hybridized carbons (Fsp3) is 0.316. The van der Waals surface area contributed by atoms with Crippen LogP contribution in [0.5, 0.6) is 5.75 Å². The maximum atomic E-state index is 12.4. The fourth-order valence-electron chi connectivity index (χ4n) is 3.15. The summed E-state index contributed by atoms with van der Waals surface area (Å²) >= 11 is 0. The Morgan fingerprint density at radius 3 is 2.65 bits per heavy atom. The van der Waals surface area contributed by atoms with Gasteiger partial charge in [0.15, 0.2) is 5.75 Å². The molecular weight excluding hydrogens is 345 g/mol. The lowest BCUT2D eigenvalue weighted by molar-refractivity contribution is -0.274. The molecule has 1 atom stereocenters. The van der Waals surface area contributed by atoms with Gasteiger partial charge in [0.1, 0.15) is 0 Å². The molecule has 3 rings (SSSR count). The molecule has 0 aliphatic heterocycles. The van der Waals surface area contributed by atoms with Gasteiger partial charge in [0, 0.05) is 0 Å². The molecule has 0 fully saturated rings. The number of anilines is 1. The number of halogens is 3. The van der Waals surface area contributed by atoms with Gasteiger partial charge in [-0.05, 0) is 42.5 Å². The number of rotatable bonds is 5. The van der Waals surface area contributed by atoms with Crippen molar-refractivity contribution >= 4 is 11.6 Å². The number of hydrogen-bond acceptors (Lipinski definition) is 3. The van der Waals surface area contributed by atoms with E-state index in [1.807, 2.05) is 18.2 Å². The van der Waals surface area contributed by atoms with Crippen molar-refractivity contribution in [1.82, 2.24) is 5.32 Å². The number of aryl methyl sites for hydroxylation is 1. The average Bonchev–Trinajstić information content (AvgIpc) is 2.60. The number of ether oxygens (including phenoxy) is 1. The van der Waals surface area contributed by atoms with Crippen molar-refractivity contribution in [2.45, 2.75) is 31.7 Å². The number of amides is 1. The number of hydrogen-bond donors (Lipinski definition) is 2. The van der Waals surface area contributed by atoms with E-state index in [0.29, 0.717) is 0 Å². The zero-order chi connectivity index (χ0) is 18.6. The lowest BCUT2D eigenvalue weighted by Gasteiger charge is -2.26. The van der Waals surface area contributed by atoms with Gasteiger partial charge < -0.3 is 15.4 Å². The van der Waals surface area contributed by atoms with Gasteiger partial charge in [-0.25, -0.2) is 0 Å². The lowest BCUT2D eigenvalue weighted by atomic mass is 9.88. The number of nitrogens with one attached hydrogen (secondary N) is 2. The zero-order valence-electron chi connectivity index (χ0n) is 14.0. The quantitative estimate of drug-likeness (QED) is 0.836. The molecule has 1 amide bonds. The molecule has 1 aliphatic carbocycles. The predicted molar refractivity (Wildman–Crippen MR) is 91.9 cm³/mol. The number of alkyl halides is 3. The molecular formula is C19H19F3N2O2. The Bertz CT molecular complexity index is 777. The molecule has 2 aromatic carbocycles. The zero-order valence-corrected chi connectivity index (χ0v) is 14.0. The number of carbonyl (C=O) groups excluding carboxylic acids is 1. The Hall–Kier alpha value is -2.70. The van der Waals surface area contributed by atoms with Crippen LogP contribution in [-0.4, -0.2) is 18.8 Å². The summed E-state index contributed by atoms with van der Waals surface area (Å²) in [6.45, 7) is -0.142. The van der Waals surface area contributed by atoms with Gasteiger partial charge in [-0.15, -0.1) is 13.2 Å². The molecule has 0 heterocycles. The molecule has 0 spiro atoms. The molecule has 0 bridgehead atoms. The average molecular weight is 364 g/mol. The van der Waals surface area contributed by atoms with Crippen molar-refractivity contribution in [2.75, 3.05) is 11.9 Å². The molecule has 7 heteroatoms. The lowest BCUT2D eigenvalue weighted by Crippen LogP contribution is -2.35. The van der Waals surface area contributed by atoms with Crippen molar-refractivity contribution in [2.24, 2.45) is 0 Å². The summed E-state index contributed by atoms with van der Waals surface area (Å²) in [6, 6.07) is 13.5. The maximum absolute atomic E-state index is 12.4. The van der Waals surface area contributed by atoms with Crippen LogP contribution in [0.25, 0.3) is 0 Å². The highest BCUT2D eigenvalue weighted by Gasteiger charge is 2.32. The number of benzene rings is 2. The van der Waals surface area contributed by atoms with Gasteiger partial charge in [-0.3, -0.25) is 4.79 Å². The van der Waals surface area contributed by atoms with E-state index in [-0.39, 0.29) is 29.9 Å². The van der Waals surface area contributed by atoms with Crippen LogP contribution in [0, 0.1) is 0 Å². The number of fused-ring (bicyclic) bond motifs is 1. The predicted octanol–water partition coefficient (Wildman–Crippen LogP) is 4.19. The highest BCUT2D eigenvalue weighted by Crippen LogP contribution is 2.31. The summed E-state index contributed by atoms with van der Waals surface area (Å²) in [7, 11) is 0. The second kappa shape index (κ2) is 7.68. The first-order valence-electron chi connectivity index (χ1n) is 8.38. The van der Waals surface area contributed by atoms with Crippen molar-refractivity contribution in [3.63, 3.8) is 0 Å². The van der Waals surface area contributed by atoms with Crippen molar-refractivity contribution < 1.29 is 22.7 Å². The Morgan fingerprint density at radius 2 is 1.85 bits per heavy atom. The fourth-order valence-corrected chi connectivity index (χ4v) is 3.15. The van der Waals surface area contributed by atoms with Crippen LogP contribution >= 0.6 is 0 Å². The van der Waals surface area contributed by atoms with E-state index in [9.17, 15) is 18.0 Å². The second-order valence-corrected chi connectivity index (χ2v) is 6.11. The van der Waals surface area contributed by atoms with Crippen LogP contribution < -0.4 is 15.4 Å². The first-order valence-corrected chi connectivity index (χ1v) is 8.38. The van der Waals surface area contributed by atoms with Gasteiger partial charge in [0.05, 0.1) is 18.3 Å². The summed E-state index contributed by atoms with van der Waals surface area (Å²) in [5.74, 6) is -0.649. The van der Waals surface area contributed by atoms with Crippen molar-refractivity contribution in [3.05, 3.63) is 59.7 Å². The monoisotopic (exact) mass is 364 g/mol. The van der Waals surface area contributed by atoms with E-state index in [4.69, 9.17) is 0 Å². The Balaban J connectivity index is 1.61. The minimum absolute atomic E-state index is 0.0732. The smallest absolute Gasteiger partial charge is 0.404 e. The van der Waals surface area contributed by atoms with E-state index < -0.39 is 6.36 Å². The maximum Gasteiger partial charge on any atom is 0.573 e. The van der Waals surface area contributed by atoms with Crippen LogP contribution in [0.1, 0.15) is 30.0 Å². The Morgan fingerprint density at radius 1 is 1.12 bits per heavy atom. The van der Waals surface area contributed by atoms with Crippen LogP contribution in [-0.2, 0) is 11.2 Å². The molecule has 26 heavy (non-hydrogen) atoms. The topological polar surface area (TPSA) is 50.4 Å². The summed E-state index contributed by atoms with van der Waals surface area (Å²) in [6.07, 6.45) is -1.97. The first-order chi connectivity index (χ1) is 12.4. The first kappa shape index (κ1) is 18.1. The Kier molecular flexibility index (Phi) is 5.35. The summed E-state index contributed by atoms with van der Waals surface area (Å²) in [5, 5.41) is 5.66. The third-order valence-corrected chi connectivity index (χ3v) is 4.26. The molecule has 1 unspecified atom stereocenters. The molecule has 0 saturated carbocycles. The summed E-state index contributed by atoms with van der Waals surface area (Å²) < 4.78 is 41.3. The van der Waals surface area contributed by atoms with E-state index >= 15 is 0 Å². The molecule has 0 aromatic heterocycles. The molecule has 1 aliphatic rings. The Labute approximate surface area is 149 Å². The molecule has 0 saturated heterocycles. The van der Waals surface area contributed by atoms with Gasteiger partial charge in [0.25, 0.3) is 0 Å². The van der Waals surface area contributed by atoms with E-state index in [2.05, 4.69) is 21.4 Å². The van der Waals surface area contributed by atoms with E-state index in [0.717, 1.165) is 24.8 Å². The third-order valence-electron chi connectivity index (χ3n) is 4.26. The van der Waals surface area contributed by atoms with E-state index in [1.54, 1.807) is 6.07 Å². The molecule has 0 radical (unpaired) electrons. The highest BCUT2D eigenvalue weighted by molar-refractivity contribution is 5.81. The van der Waals surface area contributed by atoms with Gasteiger partial charge in [0.2, 0.25) is 5.91 Å². The van der Waals surface area contributed by atoms with Crippen molar-refractivity contribution in [1.29, 1.82) is 0 Å². The van der Waals surface area contributed by atoms with Crippen molar-refractivity contribution in [3.8, 4) is 5.75 Å². The molecule has 2 N–H and O–H groups in total. The third kappa shape index (κ3) is 4.68. The SMILES string of the molecule is O=C(CNc1ccccc1OC(F)(F)F)NC1CCCc2ccccc21. The van der Waals surface area contributed by atoms with Gasteiger partial charge >= 0.3 is 6.36 Å². The summed E-state index contributed by atoms with van der Waals surface area (Å²) in [4.78, 5) is 12.3. The van der Waals surface area contributed by atoms with Gasteiger partial charge in [-0.2, -0.15) is 0 Å². The number of carbonyl (C=O) groups is 1. The van der Waals surface area contributed by atoms with Gasteiger partial charge in [-0.1, -0.05) is 36.4 Å². The highest BCUT2D eigenvalue weighted by atomic mass is 19.4. The number of para-hydroxylation sites is 2. The normalized spacial score (nSPS) is 16.5. The molecule has 2 aromatic rings. The van der Waals surface area contributed by atoms with Crippen LogP contribution in [0.3, 0.4) is 0 Å². The van der Waals surface area contributed by atoms with Crippen LogP contribution in [0.4, 0.5) is 18.9 Å². The van der Waals surface area contributed by atoms with E-state index in [1.165, 1.54) is 23.8 Å². The van der Waals surface area contributed by atoms with Crippen LogP contribution in [0.2, 0.25) is 0 Å². The van der Waals surface area contributed by atoms with Crippen LogP contribution in [0.15, 0.2) is 48.5 Å². The molecule has 138 valence electrons.